The van der Waals surface area contributed by atoms with Crippen LogP contribution >= 0.6 is 0 Å². The summed E-state index contributed by atoms with van der Waals surface area (Å²) >= 11 is 0. The molecule has 140 valence electrons. The Morgan fingerprint density at radius 2 is 1.96 bits per heavy atom. The smallest absolute Gasteiger partial charge is 0.292 e. The van der Waals surface area contributed by atoms with Gasteiger partial charge in [0.15, 0.2) is 0 Å². The van der Waals surface area contributed by atoms with Crippen LogP contribution in [0.5, 0.6) is 0 Å². The van der Waals surface area contributed by atoms with E-state index < -0.39 is 14.5 Å². The first-order chi connectivity index (χ1) is 12.4. The molecule has 1 aromatic carbocycles. The van der Waals surface area contributed by atoms with Gasteiger partial charge in [0.1, 0.15) is 11.3 Å². The summed E-state index contributed by atoms with van der Waals surface area (Å²) in [6.45, 7) is 2.89. The highest BCUT2D eigenvalue weighted by Gasteiger charge is 2.14. The zero-order chi connectivity index (χ0) is 18.7. The van der Waals surface area contributed by atoms with E-state index in [1.54, 1.807) is 6.20 Å². The highest BCUT2D eigenvalue weighted by molar-refractivity contribution is 7.84. The van der Waals surface area contributed by atoms with E-state index in [0.29, 0.717) is 13.0 Å². The lowest BCUT2D eigenvalue weighted by Gasteiger charge is -2.19. The molecule has 8 heteroatoms. The Labute approximate surface area is 153 Å². The molecule has 0 saturated carbocycles. The van der Waals surface area contributed by atoms with Crippen molar-refractivity contribution in [3.05, 3.63) is 41.5 Å². The van der Waals surface area contributed by atoms with Crippen LogP contribution in [-0.2, 0) is 23.0 Å². The van der Waals surface area contributed by atoms with E-state index in [4.69, 9.17) is 4.98 Å². The van der Waals surface area contributed by atoms with Gasteiger partial charge in [0.05, 0.1) is 30.0 Å². The third-order valence-corrected chi connectivity index (χ3v) is 5.49. The van der Waals surface area contributed by atoms with Crippen LogP contribution in [0.15, 0.2) is 30.5 Å². The van der Waals surface area contributed by atoms with Gasteiger partial charge in [-0.2, -0.15) is 8.42 Å². The van der Waals surface area contributed by atoms with Gasteiger partial charge in [-0.15, -0.1) is 0 Å². The first kappa shape index (κ1) is 18.8. The number of nitrogens with one attached hydrogen (secondary N) is 1. The van der Waals surface area contributed by atoms with E-state index in [2.05, 4.69) is 16.5 Å². The predicted octanol–water partition coefficient (Wildman–Crippen LogP) is 1.66. The first-order valence-electron chi connectivity index (χ1n) is 8.87. The Morgan fingerprint density at radius 1 is 1.19 bits per heavy atom. The highest BCUT2D eigenvalue weighted by Crippen LogP contribution is 2.25. The van der Waals surface area contributed by atoms with E-state index >= 15 is 0 Å². The molecule has 0 aliphatic carbocycles. The molecular weight excluding hydrogens is 352 g/mol. The Hall–Kier alpha value is -2.03. The topological polar surface area (TPSA) is 92.3 Å². The van der Waals surface area contributed by atoms with Crippen LogP contribution < -0.4 is 4.47 Å². The number of hydrogen-bond acceptors (Lipinski definition) is 5. The van der Waals surface area contributed by atoms with Crippen LogP contribution in [0.3, 0.4) is 0 Å². The van der Waals surface area contributed by atoms with Crippen molar-refractivity contribution in [1.29, 1.82) is 0 Å². The van der Waals surface area contributed by atoms with Crippen molar-refractivity contribution in [2.24, 2.45) is 0 Å². The Balaban J connectivity index is 1.88. The summed E-state index contributed by atoms with van der Waals surface area (Å²) in [5.41, 5.74) is 2.87. The molecule has 1 unspecified atom stereocenters. The second-order valence-electron chi connectivity index (χ2n) is 6.54. The minimum atomic E-state index is -3.58. The molecule has 3 rings (SSSR count). The number of aromatic nitrogens is 3. The number of unbranched alkanes of at least 4 members (excludes halogenated alkanes) is 1. The summed E-state index contributed by atoms with van der Waals surface area (Å²) in [5, 5.41) is 12.6. The van der Waals surface area contributed by atoms with Crippen molar-refractivity contribution in [3.63, 3.8) is 0 Å². The molecule has 7 nitrogen and oxygen atoms in total. The maximum absolute atomic E-state index is 11.6. The molecule has 0 amide bonds. The molecule has 0 spiro atoms. The monoisotopic (exact) mass is 376 g/mol. The SMILES string of the molecule is CCCc1nc2cnc3ccccc3c2n1CCCC[NH+]([O-])S(C)(=O)=O. The quantitative estimate of drug-likeness (QED) is 0.477. The summed E-state index contributed by atoms with van der Waals surface area (Å²) in [6, 6.07) is 7.98. The minimum Gasteiger partial charge on any atom is -0.618 e. The van der Waals surface area contributed by atoms with Crippen LogP contribution in [0.2, 0.25) is 0 Å². The summed E-state index contributed by atoms with van der Waals surface area (Å²) in [4.78, 5) is 9.23. The number of aryl methyl sites for hydroxylation is 2. The molecule has 3 aromatic rings. The van der Waals surface area contributed by atoms with Crippen LogP contribution in [0, 0.1) is 5.21 Å². The molecular formula is C18H24N4O3S. The number of rotatable bonds is 8. The average molecular weight is 376 g/mol. The second-order valence-corrected chi connectivity index (χ2v) is 8.54. The zero-order valence-corrected chi connectivity index (χ0v) is 15.9. The second kappa shape index (κ2) is 7.69. The molecule has 0 radical (unpaired) electrons. The van der Waals surface area contributed by atoms with Crippen molar-refractivity contribution in [1.82, 2.24) is 14.5 Å². The Bertz CT molecular complexity index is 1010. The molecule has 0 saturated heterocycles. The molecule has 1 N–H and O–H groups in total. The van der Waals surface area contributed by atoms with E-state index in [0.717, 1.165) is 53.3 Å². The summed E-state index contributed by atoms with van der Waals surface area (Å²) < 4.78 is 24.0. The van der Waals surface area contributed by atoms with Gasteiger partial charge in [-0.3, -0.25) is 9.45 Å². The minimum absolute atomic E-state index is 0.0663. The number of hydrogen-bond donors (Lipinski definition) is 1. The van der Waals surface area contributed by atoms with Gasteiger partial charge in [-0.25, -0.2) is 4.98 Å². The number of pyridine rings is 1. The van der Waals surface area contributed by atoms with E-state index in [1.807, 2.05) is 24.3 Å². The predicted molar refractivity (Wildman–Crippen MR) is 102 cm³/mol. The number of sulfonamides is 1. The van der Waals surface area contributed by atoms with Crippen molar-refractivity contribution in [3.8, 4) is 0 Å². The lowest BCUT2D eigenvalue weighted by atomic mass is 10.2. The standard InChI is InChI=1S/C18H24N4O3S/c1-3-8-17-20-16-13-19-15-10-5-4-9-14(15)18(16)21(17)11-6-7-12-22(23)26(2,24)25/h4-5,9-10,13,22H,3,6-8,11-12H2,1-2H3. The molecule has 1 atom stereocenters. The van der Waals surface area contributed by atoms with Gasteiger partial charge < -0.3 is 9.77 Å². The third-order valence-electron chi connectivity index (χ3n) is 4.46. The third kappa shape index (κ3) is 3.87. The van der Waals surface area contributed by atoms with Gasteiger partial charge in [-0.1, -0.05) is 25.1 Å². The van der Waals surface area contributed by atoms with Crippen LogP contribution in [-0.4, -0.2) is 35.8 Å². The number of hydroxylamine groups is 1. The normalized spacial score (nSPS) is 13.5. The van der Waals surface area contributed by atoms with Crippen molar-refractivity contribution in [2.45, 2.75) is 39.2 Å². The average Bonchev–Trinajstić information content (AvgIpc) is 2.96. The van der Waals surface area contributed by atoms with E-state index in [1.165, 1.54) is 0 Å². The van der Waals surface area contributed by atoms with Crippen molar-refractivity contribution in [2.75, 3.05) is 12.8 Å². The maximum atomic E-state index is 11.6. The number of para-hydroxylation sites is 1. The first-order valence-corrected chi connectivity index (χ1v) is 10.8. The highest BCUT2D eigenvalue weighted by atomic mass is 32.2. The van der Waals surface area contributed by atoms with Crippen LogP contribution in [0.4, 0.5) is 0 Å². The maximum Gasteiger partial charge on any atom is 0.292 e. The van der Waals surface area contributed by atoms with Gasteiger partial charge in [0, 0.05) is 18.4 Å². The fourth-order valence-corrected chi connectivity index (χ4v) is 3.71. The fraction of sp³-hybridized carbons (Fsp3) is 0.444. The Kier molecular flexibility index (Phi) is 5.55. The molecule has 26 heavy (non-hydrogen) atoms. The summed E-state index contributed by atoms with van der Waals surface area (Å²) in [7, 11) is -3.58. The number of imidazole rings is 1. The largest absolute Gasteiger partial charge is 0.618 e. The molecule has 2 heterocycles. The van der Waals surface area contributed by atoms with Gasteiger partial charge >= 0.3 is 0 Å². The molecule has 2 aromatic heterocycles. The molecule has 0 aliphatic heterocycles. The number of fused-ring (bicyclic) bond motifs is 3. The fourth-order valence-electron chi connectivity index (χ4n) is 3.19. The van der Waals surface area contributed by atoms with E-state index in [-0.39, 0.29) is 6.54 Å². The Morgan fingerprint density at radius 3 is 2.69 bits per heavy atom. The number of nitrogens with zero attached hydrogens (tertiary/aromatic N) is 3. The summed E-state index contributed by atoms with van der Waals surface area (Å²) in [6.07, 6.45) is 5.89. The lowest BCUT2D eigenvalue weighted by Crippen LogP contribution is -3.09. The van der Waals surface area contributed by atoms with Gasteiger partial charge in [0.2, 0.25) is 0 Å². The van der Waals surface area contributed by atoms with Crippen LogP contribution in [0.1, 0.15) is 32.0 Å². The van der Waals surface area contributed by atoms with Crippen molar-refractivity contribution >= 4 is 32.0 Å². The van der Waals surface area contributed by atoms with Gasteiger partial charge in [0.25, 0.3) is 10.0 Å². The zero-order valence-electron chi connectivity index (χ0n) is 15.1. The lowest BCUT2D eigenvalue weighted by molar-refractivity contribution is -0.707. The summed E-state index contributed by atoms with van der Waals surface area (Å²) in [5.74, 6) is 1.01. The molecule has 0 fully saturated rings. The molecule has 0 bridgehead atoms. The van der Waals surface area contributed by atoms with Crippen molar-refractivity contribution < 1.29 is 12.9 Å². The van der Waals surface area contributed by atoms with E-state index in [9.17, 15) is 13.6 Å². The molecule has 0 aliphatic rings. The van der Waals surface area contributed by atoms with Crippen LogP contribution in [0.25, 0.3) is 21.9 Å². The number of quaternary nitrogens is 1. The number of benzene rings is 1. The van der Waals surface area contributed by atoms with Gasteiger partial charge in [-0.05, 0) is 25.3 Å².